The predicted octanol–water partition coefficient (Wildman–Crippen LogP) is 3.24. The molecule has 3 rings (SSSR count). The molecule has 2 aromatic rings. The Morgan fingerprint density at radius 1 is 1.00 bits per heavy atom. The highest BCUT2D eigenvalue weighted by molar-refractivity contribution is 7.92. The smallest absolute Gasteiger partial charge is 0.244 e. The van der Waals surface area contributed by atoms with E-state index in [2.05, 4.69) is 5.32 Å². The molecular weight excluding hydrogens is 506 g/mol. The van der Waals surface area contributed by atoms with E-state index in [0.717, 1.165) is 9.87 Å². The van der Waals surface area contributed by atoms with Gasteiger partial charge in [-0.3, -0.25) is 13.9 Å². The first-order chi connectivity index (χ1) is 18.2. The predicted molar refractivity (Wildman–Crippen MR) is 148 cm³/mol. The van der Waals surface area contributed by atoms with Crippen LogP contribution < -0.4 is 19.1 Å². The van der Waals surface area contributed by atoms with E-state index in [1.54, 1.807) is 18.2 Å². The zero-order valence-corrected chi connectivity index (χ0v) is 23.5. The van der Waals surface area contributed by atoms with Crippen LogP contribution in [-0.2, 0) is 26.0 Å². The number of nitrogens with one attached hydrogen (secondary N) is 1. The molecule has 2 amide bonds. The number of carbonyl (C=O) groups excluding carboxylic acids is 2. The van der Waals surface area contributed by atoms with Crippen molar-refractivity contribution in [2.75, 3.05) is 42.9 Å². The summed E-state index contributed by atoms with van der Waals surface area (Å²) < 4.78 is 38.6. The lowest BCUT2D eigenvalue weighted by molar-refractivity contribution is -0.139. The summed E-state index contributed by atoms with van der Waals surface area (Å²) in [6.07, 6.45) is 0.931. The molecule has 208 valence electrons. The zero-order valence-electron chi connectivity index (χ0n) is 22.7. The number of sulfonamides is 1. The number of benzene rings is 2. The lowest BCUT2D eigenvalue weighted by Crippen LogP contribution is -2.53. The van der Waals surface area contributed by atoms with Crippen LogP contribution in [0.4, 0.5) is 5.69 Å². The molecule has 0 aliphatic carbocycles. The molecule has 38 heavy (non-hydrogen) atoms. The van der Waals surface area contributed by atoms with Crippen LogP contribution in [0.25, 0.3) is 0 Å². The highest BCUT2D eigenvalue weighted by Gasteiger charge is 2.32. The maximum atomic E-state index is 13.8. The van der Waals surface area contributed by atoms with Gasteiger partial charge in [0.2, 0.25) is 21.8 Å². The SMILES string of the molecule is CCC(C(=O)NCC(C)C)N(CCc1ccccc1)C(=O)CN(c1ccc2c(c1)OCCO2)S(=O)(=O)CC. The van der Waals surface area contributed by atoms with Crippen LogP contribution in [0.3, 0.4) is 0 Å². The van der Waals surface area contributed by atoms with Crippen molar-refractivity contribution in [2.45, 2.75) is 46.6 Å². The number of ether oxygens (including phenoxy) is 2. The Morgan fingerprint density at radius 2 is 1.68 bits per heavy atom. The van der Waals surface area contributed by atoms with Gasteiger partial charge in [0, 0.05) is 19.2 Å². The van der Waals surface area contributed by atoms with Crippen molar-refractivity contribution >= 4 is 27.5 Å². The molecule has 2 aromatic carbocycles. The van der Waals surface area contributed by atoms with Crippen molar-refractivity contribution in [1.82, 2.24) is 10.2 Å². The molecule has 1 N–H and O–H groups in total. The Hall–Kier alpha value is -3.27. The summed E-state index contributed by atoms with van der Waals surface area (Å²) in [5.41, 5.74) is 1.33. The van der Waals surface area contributed by atoms with Gasteiger partial charge >= 0.3 is 0 Å². The van der Waals surface area contributed by atoms with E-state index in [4.69, 9.17) is 9.47 Å². The van der Waals surface area contributed by atoms with E-state index in [9.17, 15) is 18.0 Å². The Labute approximate surface area is 226 Å². The van der Waals surface area contributed by atoms with Gasteiger partial charge in [-0.25, -0.2) is 8.42 Å². The molecule has 0 aromatic heterocycles. The average molecular weight is 546 g/mol. The summed E-state index contributed by atoms with van der Waals surface area (Å²) in [6, 6.07) is 13.8. The summed E-state index contributed by atoms with van der Waals surface area (Å²) in [5, 5.41) is 2.93. The van der Waals surface area contributed by atoms with Crippen LogP contribution in [0.2, 0.25) is 0 Å². The number of fused-ring (bicyclic) bond motifs is 1. The molecule has 0 bridgehead atoms. The molecule has 0 radical (unpaired) electrons. The van der Waals surface area contributed by atoms with Gasteiger partial charge in [-0.1, -0.05) is 51.1 Å². The molecule has 1 aliphatic heterocycles. The lowest BCUT2D eigenvalue weighted by atomic mass is 10.1. The van der Waals surface area contributed by atoms with Crippen LogP contribution in [0.1, 0.15) is 39.7 Å². The Kier molecular flexibility index (Phi) is 10.4. The number of amides is 2. The van der Waals surface area contributed by atoms with E-state index >= 15 is 0 Å². The van der Waals surface area contributed by atoms with Gasteiger partial charge in [0.1, 0.15) is 25.8 Å². The zero-order chi connectivity index (χ0) is 27.7. The highest BCUT2D eigenvalue weighted by Crippen LogP contribution is 2.35. The third kappa shape index (κ3) is 7.63. The average Bonchev–Trinajstić information content (AvgIpc) is 2.92. The van der Waals surface area contributed by atoms with Crippen molar-refractivity contribution in [2.24, 2.45) is 5.92 Å². The van der Waals surface area contributed by atoms with E-state index in [0.29, 0.717) is 49.8 Å². The number of nitrogens with zero attached hydrogens (tertiary/aromatic N) is 2. The van der Waals surface area contributed by atoms with Crippen molar-refractivity contribution < 1.29 is 27.5 Å². The fourth-order valence-electron chi connectivity index (χ4n) is 4.23. The van der Waals surface area contributed by atoms with Crippen molar-refractivity contribution in [3.8, 4) is 11.5 Å². The summed E-state index contributed by atoms with van der Waals surface area (Å²) in [5.74, 6) is 0.331. The fraction of sp³-hybridized carbons (Fsp3) is 0.500. The number of anilines is 1. The molecule has 0 saturated heterocycles. The Bertz CT molecular complexity index is 1190. The molecule has 10 heteroatoms. The standard InChI is InChI=1S/C28H39N3O6S/c1-5-24(28(33)29-19-21(3)4)30(15-14-22-10-8-7-9-11-22)27(32)20-31(38(34,35)6-2)23-12-13-25-26(18-23)37-17-16-36-25/h7-13,18,21,24H,5-6,14-17,19-20H2,1-4H3,(H,29,33). The maximum absolute atomic E-state index is 13.8. The van der Waals surface area contributed by atoms with Gasteiger partial charge in [0.25, 0.3) is 0 Å². The topological polar surface area (TPSA) is 105 Å². The normalized spacial score (nSPS) is 13.6. The monoisotopic (exact) mass is 545 g/mol. The van der Waals surface area contributed by atoms with E-state index in [1.807, 2.05) is 51.1 Å². The summed E-state index contributed by atoms with van der Waals surface area (Å²) >= 11 is 0. The van der Waals surface area contributed by atoms with Crippen LogP contribution >= 0.6 is 0 Å². The molecule has 0 saturated carbocycles. The second kappa shape index (κ2) is 13.5. The van der Waals surface area contributed by atoms with Gasteiger partial charge < -0.3 is 19.7 Å². The maximum Gasteiger partial charge on any atom is 0.244 e. The second-order valence-electron chi connectivity index (χ2n) is 9.62. The summed E-state index contributed by atoms with van der Waals surface area (Å²) in [7, 11) is -3.82. The van der Waals surface area contributed by atoms with E-state index in [1.165, 1.54) is 11.8 Å². The Balaban J connectivity index is 1.91. The fourth-order valence-corrected chi connectivity index (χ4v) is 5.28. The first-order valence-corrected chi connectivity index (χ1v) is 14.8. The van der Waals surface area contributed by atoms with Gasteiger partial charge in [-0.15, -0.1) is 0 Å². The third-order valence-electron chi connectivity index (χ3n) is 6.35. The molecule has 1 heterocycles. The molecule has 9 nitrogen and oxygen atoms in total. The van der Waals surface area contributed by atoms with Crippen LogP contribution in [0.5, 0.6) is 11.5 Å². The molecule has 1 unspecified atom stereocenters. The molecular formula is C28H39N3O6S. The Morgan fingerprint density at radius 3 is 2.32 bits per heavy atom. The molecule has 0 spiro atoms. The highest BCUT2D eigenvalue weighted by atomic mass is 32.2. The largest absolute Gasteiger partial charge is 0.486 e. The van der Waals surface area contributed by atoms with Crippen LogP contribution in [-0.4, -0.2) is 69.8 Å². The lowest BCUT2D eigenvalue weighted by Gasteiger charge is -2.33. The number of rotatable bonds is 13. The third-order valence-corrected chi connectivity index (χ3v) is 8.09. The number of hydrogen-bond acceptors (Lipinski definition) is 6. The number of carbonyl (C=O) groups is 2. The number of hydrogen-bond donors (Lipinski definition) is 1. The van der Waals surface area contributed by atoms with Crippen molar-refractivity contribution in [1.29, 1.82) is 0 Å². The summed E-state index contributed by atoms with van der Waals surface area (Å²) in [6.45, 7) is 8.48. The van der Waals surface area contributed by atoms with Crippen molar-refractivity contribution in [3.05, 3.63) is 54.1 Å². The van der Waals surface area contributed by atoms with Crippen molar-refractivity contribution in [3.63, 3.8) is 0 Å². The first-order valence-electron chi connectivity index (χ1n) is 13.2. The van der Waals surface area contributed by atoms with Gasteiger partial charge in [0.15, 0.2) is 11.5 Å². The van der Waals surface area contributed by atoms with E-state index in [-0.39, 0.29) is 24.1 Å². The quantitative estimate of drug-likeness (QED) is 0.414. The minimum atomic E-state index is -3.82. The van der Waals surface area contributed by atoms with Gasteiger partial charge in [-0.2, -0.15) is 0 Å². The molecule has 1 atom stereocenters. The minimum absolute atomic E-state index is 0.190. The molecule has 1 aliphatic rings. The van der Waals surface area contributed by atoms with E-state index < -0.39 is 28.5 Å². The van der Waals surface area contributed by atoms with Crippen LogP contribution in [0, 0.1) is 5.92 Å². The van der Waals surface area contributed by atoms with Gasteiger partial charge in [-0.05, 0) is 43.4 Å². The first kappa shape index (κ1) is 29.3. The summed E-state index contributed by atoms with van der Waals surface area (Å²) in [4.78, 5) is 28.5. The molecule has 0 fully saturated rings. The van der Waals surface area contributed by atoms with Gasteiger partial charge in [0.05, 0.1) is 11.4 Å². The second-order valence-corrected chi connectivity index (χ2v) is 11.8. The van der Waals surface area contributed by atoms with Crippen LogP contribution in [0.15, 0.2) is 48.5 Å². The minimum Gasteiger partial charge on any atom is -0.486 e.